The van der Waals surface area contributed by atoms with Gasteiger partial charge in [-0.05, 0) is 87.1 Å². The van der Waals surface area contributed by atoms with Crippen molar-refractivity contribution in [3.63, 3.8) is 0 Å². The summed E-state index contributed by atoms with van der Waals surface area (Å²) in [5.41, 5.74) is 6.15. The molecule has 262 valence electrons. The molecule has 0 saturated carbocycles. The number of amides is 3. The van der Waals surface area contributed by atoms with Crippen LogP contribution in [0.5, 0.6) is 0 Å². The fourth-order valence-electron chi connectivity index (χ4n) is 4.01. The standard InChI is InChI=1S/C31H54N6O9/c1-28(2,3)44-25(41)13-19-33-22(38)10-16-31(36-37-32,17-11-23(39)34-20-14-26(42)45-29(4,5)6)18-12-24(40)35-21-15-27(43)46-30(7,8)9/h10-21H2,1-9H3,(H,33,38)(H,34,39)(H,35,40). The molecule has 3 amide bonds. The molecule has 0 rings (SSSR count). The Bertz CT molecular complexity index is 976. The minimum Gasteiger partial charge on any atom is -0.460 e. The highest BCUT2D eigenvalue weighted by Gasteiger charge is 2.31. The van der Waals surface area contributed by atoms with Gasteiger partial charge in [0.1, 0.15) is 16.8 Å². The van der Waals surface area contributed by atoms with Crippen LogP contribution in [0.4, 0.5) is 0 Å². The molecule has 0 aromatic carbocycles. The monoisotopic (exact) mass is 654 g/mol. The molecular weight excluding hydrogens is 600 g/mol. The Labute approximate surface area is 272 Å². The molecule has 0 aliphatic carbocycles. The van der Waals surface area contributed by atoms with Crippen LogP contribution < -0.4 is 16.0 Å². The molecule has 3 N–H and O–H groups in total. The Morgan fingerprint density at radius 1 is 0.522 bits per heavy atom. The van der Waals surface area contributed by atoms with E-state index in [1.54, 1.807) is 62.3 Å². The first-order valence-electron chi connectivity index (χ1n) is 15.6. The van der Waals surface area contributed by atoms with Gasteiger partial charge in [0.2, 0.25) is 17.7 Å². The number of nitrogens with one attached hydrogen (secondary N) is 3. The van der Waals surface area contributed by atoms with Gasteiger partial charge in [-0.15, -0.1) is 0 Å². The second-order valence-corrected chi connectivity index (χ2v) is 14.0. The third-order valence-corrected chi connectivity index (χ3v) is 5.92. The smallest absolute Gasteiger partial charge is 0.308 e. The molecule has 0 spiro atoms. The highest BCUT2D eigenvalue weighted by Crippen LogP contribution is 2.30. The Morgan fingerprint density at radius 2 is 0.783 bits per heavy atom. The normalized spacial score (nSPS) is 11.8. The minimum absolute atomic E-state index is 0.0196. The van der Waals surface area contributed by atoms with Gasteiger partial charge in [-0.2, -0.15) is 0 Å². The van der Waals surface area contributed by atoms with Crippen molar-refractivity contribution in [2.75, 3.05) is 19.6 Å². The second-order valence-electron chi connectivity index (χ2n) is 14.0. The maximum absolute atomic E-state index is 12.6. The third-order valence-electron chi connectivity index (χ3n) is 5.92. The topological polar surface area (TPSA) is 215 Å². The van der Waals surface area contributed by atoms with E-state index in [4.69, 9.17) is 14.2 Å². The van der Waals surface area contributed by atoms with Crippen molar-refractivity contribution in [2.24, 2.45) is 5.11 Å². The molecular formula is C31H54N6O9. The van der Waals surface area contributed by atoms with Gasteiger partial charge in [0, 0.05) is 43.8 Å². The van der Waals surface area contributed by atoms with Crippen molar-refractivity contribution in [1.29, 1.82) is 0 Å². The second kappa shape index (κ2) is 19.6. The molecule has 0 aromatic rings. The number of azide groups is 1. The lowest BCUT2D eigenvalue weighted by molar-refractivity contribution is -0.155. The summed E-state index contributed by atoms with van der Waals surface area (Å²) in [6.07, 6.45) is -0.342. The lowest BCUT2D eigenvalue weighted by atomic mass is 9.84. The van der Waals surface area contributed by atoms with E-state index >= 15 is 0 Å². The molecule has 0 aliphatic rings. The van der Waals surface area contributed by atoms with Crippen LogP contribution in [-0.2, 0) is 43.0 Å². The zero-order valence-electron chi connectivity index (χ0n) is 29.0. The van der Waals surface area contributed by atoms with Crippen molar-refractivity contribution in [3.8, 4) is 0 Å². The summed E-state index contributed by atoms with van der Waals surface area (Å²) < 4.78 is 15.7. The number of nitrogens with zero attached hydrogens (tertiary/aromatic N) is 3. The molecule has 0 radical (unpaired) electrons. The van der Waals surface area contributed by atoms with Gasteiger partial charge >= 0.3 is 17.9 Å². The summed E-state index contributed by atoms with van der Waals surface area (Å²) in [4.78, 5) is 76.5. The number of rotatable bonds is 19. The van der Waals surface area contributed by atoms with Gasteiger partial charge in [0.15, 0.2) is 0 Å². The number of ether oxygens (including phenoxy) is 3. The van der Waals surface area contributed by atoms with Crippen LogP contribution >= 0.6 is 0 Å². The molecule has 15 heteroatoms. The van der Waals surface area contributed by atoms with E-state index in [2.05, 4.69) is 26.0 Å². The van der Waals surface area contributed by atoms with E-state index in [-0.39, 0.29) is 77.4 Å². The fraction of sp³-hybridized carbons (Fsp3) is 0.806. The zero-order chi connectivity index (χ0) is 35.6. The van der Waals surface area contributed by atoms with E-state index in [0.29, 0.717) is 0 Å². The van der Waals surface area contributed by atoms with Gasteiger partial charge in [-0.3, -0.25) is 28.8 Å². The van der Waals surface area contributed by atoms with Crippen LogP contribution in [0.15, 0.2) is 5.11 Å². The van der Waals surface area contributed by atoms with Crippen molar-refractivity contribution in [2.45, 2.75) is 142 Å². The van der Waals surface area contributed by atoms with Gasteiger partial charge in [-0.25, -0.2) is 0 Å². The molecule has 0 bridgehead atoms. The van der Waals surface area contributed by atoms with Crippen LogP contribution in [0.2, 0.25) is 0 Å². The van der Waals surface area contributed by atoms with E-state index in [1.165, 1.54) is 0 Å². The summed E-state index contributed by atoms with van der Waals surface area (Å²) >= 11 is 0. The molecule has 0 aromatic heterocycles. The summed E-state index contributed by atoms with van der Waals surface area (Å²) in [5.74, 6) is -2.64. The number of hydrogen-bond donors (Lipinski definition) is 3. The van der Waals surface area contributed by atoms with Gasteiger partial charge in [0.25, 0.3) is 0 Å². The SMILES string of the molecule is CC(C)(C)OC(=O)CCNC(=O)CCC(CCC(=O)NCCC(=O)OC(C)(C)C)(CCC(=O)NCCC(=O)OC(C)(C)C)N=[N+]=[N-]. The summed E-state index contributed by atoms with van der Waals surface area (Å²) in [5, 5.41) is 11.8. The van der Waals surface area contributed by atoms with Crippen LogP contribution in [0.25, 0.3) is 10.4 Å². The molecule has 0 unspecified atom stereocenters. The number of carbonyl (C=O) groups excluding carboxylic acids is 6. The minimum atomic E-state index is -1.28. The Kier molecular flexibility index (Phi) is 18.0. The Morgan fingerprint density at radius 3 is 1.00 bits per heavy atom. The number of carbonyl (C=O) groups is 6. The average molecular weight is 655 g/mol. The lowest BCUT2D eigenvalue weighted by Crippen LogP contribution is -2.36. The van der Waals surface area contributed by atoms with Crippen molar-refractivity contribution in [3.05, 3.63) is 10.4 Å². The average Bonchev–Trinajstić information content (AvgIpc) is 2.86. The van der Waals surface area contributed by atoms with E-state index < -0.39 is 58.0 Å². The van der Waals surface area contributed by atoms with Crippen molar-refractivity contribution >= 4 is 35.6 Å². The third kappa shape index (κ3) is 23.5. The zero-order valence-corrected chi connectivity index (χ0v) is 29.0. The highest BCUT2D eigenvalue weighted by molar-refractivity contribution is 5.79. The fourth-order valence-corrected chi connectivity index (χ4v) is 4.01. The summed E-state index contributed by atoms with van der Waals surface area (Å²) in [6.45, 7) is 15.8. The predicted octanol–water partition coefficient (Wildman–Crippen LogP) is 3.92. The molecule has 0 heterocycles. The molecule has 15 nitrogen and oxygen atoms in total. The molecule has 0 saturated heterocycles. The van der Waals surface area contributed by atoms with Gasteiger partial charge in [-0.1, -0.05) is 5.11 Å². The highest BCUT2D eigenvalue weighted by atomic mass is 16.6. The molecule has 0 fully saturated rings. The molecule has 0 atom stereocenters. The molecule has 0 aliphatic heterocycles. The number of esters is 3. The van der Waals surface area contributed by atoms with E-state index in [0.717, 1.165) is 0 Å². The van der Waals surface area contributed by atoms with E-state index in [1.807, 2.05) is 0 Å². The van der Waals surface area contributed by atoms with Crippen LogP contribution in [-0.4, -0.2) is 77.6 Å². The first-order valence-corrected chi connectivity index (χ1v) is 15.6. The lowest BCUT2D eigenvalue weighted by Gasteiger charge is -2.28. The predicted molar refractivity (Wildman–Crippen MR) is 170 cm³/mol. The quantitative estimate of drug-likeness (QED) is 0.0604. The maximum atomic E-state index is 12.6. The van der Waals surface area contributed by atoms with Crippen molar-refractivity contribution < 1.29 is 43.0 Å². The summed E-state index contributed by atoms with van der Waals surface area (Å²) in [7, 11) is 0. The first-order chi connectivity index (χ1) is 21.0. The van der Waals surface area contributed by atoms with E-state index in [9.17, 15) is 34.3 Å². The maximum Gasteiger partial charge on any atom is 0.308 e. The van der Waals surface area contributed by atoms with Gasteiger partial charge < -0.3 is 30.2 Å². The largest absolute Gasteiger partial charge is 0.460 e. The summed E-state index contributed by atoms with van der Waals surface area (Å²) in [6, 6.07) is 0. The van der Waals surface area contributed by atoms with Crippen LogP contribution in [0.3, 0.4) is 0 Å². The first kappa shape index (κ1) is 42.1. The van der Waals surface area contributed by atoms with Crippen LogP contribution in [0, 0.1) is 0 Å². The Balaban J connectivity index is 5.31. The van der Waals surface area contributed by atoms with Gasteiger partial charge in [0.05, 0.1) is 24.8 Å². The molecule has 46 heavy (non-hydrogen) atoms. The van der Waals surface area contributed by atoms with Crippen molar-refractivity contribution in [1.82, 2.24) is 16.0 Å². The number of hydrogen-bond acceptors (Lipinski definition) is 10. The van der Waals surface area contributed by atoms with Crippen LogP contribution in [0.1, 0.15) is 120 Å². The Hall–Kier alpha value is -3.87.